The number of fused-ring (bicyclic) bond motifs is 1. The number of hydrogen-bond donors (Lipinski definition) is 0. The van der Waals surface area contributed by atoms with E-state index in [4.69, 9.17) is 42.6 Å². The molecule has 0 unspecified atom stereocenters. The van der Waals surface area contributed by atoms with Gasteiger partial charge >= 0.3 is 29.8 Å². The summed E-state index contributed by atoms with van der Waals surface area (Å²) in [7, 11) is 0. The van der Waals surface area contributed by atoms with Crippen LogP contribution in [0.15, 0.2) is 30.3 Å². The van der Waals surface area contributed by atoms with Gasteiger partial charge in [0, 0.05) is 27.7 Å². The first kappa shape index (κ1) is 30.4. The number of benzene rings is 1. The second kappa shape index (κ2) is 13.4. The summed E-state index contributed by atoms with van der Waals surface area (Å²) in [6, 6.07) is 8.46. The van der Waals surface area contributed by atoms with E-state index in [1.165, 1.54) is 6.92 Å². The Bertz CT molecular complexity index is 1120. The predicted molar refractivity (Wildman–Crippen MR) is 132 cm³/mol. The highest BCUT2D eigenvalue weighted by molar-refractivity contribution is 5.89. The van der Waals surface area contributed by atoms with Crippen molar-refractivity contribution in [1.82, 2.24) is 0 Å². The number of hydrogen-bond acceptors (Lipinski definition) is 14. The lowest BCUT2D eigenvalue weighted by Crippen LogP contribution is -2.63. The van der Waals surface area contributed by atoms with Crippen molar-refractivity contribution in [3.63, 3.8) is 0 Å². The second-order valence-electron chi connectivity index (χ2n) is 9.65. The van der Waals surface area contributed by atoms with Gasteiger partial charge in [-0.05, 0) is 12.1 Å². The molecule has 0 aliphatic carbocycles. The minimum atomic E-state index is -1.39. The zero-order valence-electron chi connectivity index (χ0n) is 22.9. The average Bonchev–Trinajstić information content (AvgIpc) is 3.49. The fraction of sp³-hybridized carbons (Fsp3) is 0.593. The highest BCUT2D eigenvalue weighted by Crippen LogP contribution is 2.35. The normalized spacial score (nSPS) is 32.3. The Morgan fingerprint density at radius 2 is 1.27 bits per heavy atom. The summed E-state index contributed by atoms with van der Waals surface area (Å²) in [6.07, 6.45) is -9.46. The van der Waals surface area contributed by atoms with Gasteiger partial charge < -0.3 is 42.6 Å². The van der Waals surface area contributed by atoms with Gasteiger partial charge in [0.2, 0.25) is 0 Å². The van der Waals surface area contributed by atoms with E-state index >= 15 is 0 Å². The quantitative estimate of drug-likeness (QED) is 0.292. The van der Waals surface area contributed by atoms with E-state index in [0.717, 1.165) is 20.8 Å². The molecule has 41 heavy (non-hydrogen) atoms. The summed E-state index contributed by atoms with van der Waals surface area (Å²) < 4.78 is 50.8. The van der Waals surface area contributed by atoms with Crippen LogP contribution in [0.4, 0.5) is 0 Å². The Morgan fingerprint density at radius 3 is 1.88 bits per heavy atom. The molecule has 1 aromatic rings. The molecule has 3 heterocycles. The molecule has 3 fully saturated rings. The first-order valence-electron chi connectivity index (χ1n) is 13.0. The van der Waals surface area contributed by atoms with Gasteiger partial charge in [-0.3, -0.25) is 19.2 Å². The maximum Gasteiger partial charge on any atom is 0.338 e. The summed E-state index contributed by atoms with van der Waals surface area (Å²) in [6.45, 7) is 4.23. The van der Waals surface area contributed by atoms with Gasteiger partial charge in [-0.1, -0.05) is 18.2 Å². The van der Waals surface area contributed by atoms with E-state index in [9.17, 15) is 24.0 Å². The van der Waals surface area contributed by atoms with Gasteiger partial charge in [-0.15, -0.1) is 0 Å². The van der Waals surface area contributed by atoms with Crippen molar-refractivity contribution in [2.75, 3.05) is 19.8 Å². The van der Waals surface area contributed by atoms with Crippen LogP contribution in [0.25, 0.3) is 0 Å². The minimum Gasteiger partial charge on any atom is -0.463 e. The highest BCUT2D eigenvalue weighted by atomic mass is 16.8. The molecule has 0 saturated carbocycles. The summed E-state index contributed by atoms with van der Waals surface area (Å²) >= 11 is 0. The number of carbonyl (C=O) groups is 5. The fourth-order valence-corrected chi connectivity index (χ4v) is 4.90. The van der Waals surface area contributed by atoms with Gasteiger partial charge in [0.25, 0.3) is 0 Å². The summed E-state index contributed by atoms with van der Waals surface area (Å²) in [5.41, 5.74) is 0.374. The molecule has 3 aliphatic rings. The monoisotopic (exact) mass is 580 g/mol. The Hall–Kier alpha value is -3.59. The predicted octanol–water partition coefficient (Wildman–Crippen LogP) is 0.478. The molecule has 14 heteroatoms. The molecule has 0 N–H and O–H groups in total. The molecular formula is C27H32O14. The van der Waals surface area contributed by atoms with Crippen LogP contribution in [0.2, 0.25) is 0 Å². The number of ether oxygens (including phenoxy) is 9. The van der Waals surface area contributed by atoms with Crippen molar-refractivity contribution in [2.24, 2.45) is 0 Å². The van der Waals surface area contributed by atoms with Gasteiger partial charge in [-0.25, -0.2) is 4.79 Å². The van der Waals surface area contributed by atoms with E-state index in [1.807, 2.05) is 0 Å². The van der Waals surface area contributed by atoms with Crippen LogP contribution >= 0.6 is 0 Å². The van der Waals surface area contributed by atoms with Crippen LogP contribution in [-0.2, 0) is 61.8 Å². The molecule has 0 radical (unpaired) electrons. The maximum atomic E-state index is 12.6. The minimum absolute atomic E-state index is 0.00158. The van der Waals surface area contributed by atoms with Crippen LogP contribution in [-0.4, -0.2) is 105 Å². The second-order valence-corrected chi connectivity index (χ2v) is 9.65. The van der Waals surface area contributed by atoms with E-state index < -0.39 is 85.0 Å². The molecule has 9 atom stereocenters. The molecule has 3 aliphatic heterocycles. The molecule has 0 aromatic heterocycles. The van der Waals surface area contributed by atoms with Crippen LogP contribution in [0, 0.1) is 0 Å². The summed E-state index contributed by atoms with van der Waals surface area (Å²) in [5.74, 6) is -3.43. The summed E-state index contributed by atoms with van der Waals surface area (Å²) in [5, 5.41) is 0. The van der Waals surface area contributed by atoms with Crippen LogP contribution < -0.4 is 0 Å². The molecular weight excluding hydrogens is 548 g/mol. The van der Waals surface area contributed by atoms with Crippen molar-refractivity contribution in [3.05, 3.63) is 35.9 Å². The lowest BCUT2D eigenvalue weighted by Gasteiger charge is -2.44. The van der Waals surface area contributed by atoms with E-state index in [0.29, 0.717) is 5.56 Å². The lowest BCUT2D eigenvalue weighted by atomic mass is 9.98. The van der Waals surface area contributed by atoms with Crippen LogP contribution in [0.1, 0.15) is 38.1 Å². The molecule has 0 amide bonds. The molecule has 0 spiro atoms. The van der Waals surface area contributed by atoms with E-state index in [1.54, 1.807) is 30.3 Å². The smallest absolute Gasteiger partial charge is 0.338 e. The first-order valence-corrected chi connectivity index (χ1v) is 13.0. The molecule has 0 bridgehead atoms. The Labute approximate surface area is 235 Å². The fourth-order valence-electron chi connectivity index (χ4n) is 4.90. The Balaban J connectivity index is 1.52. The molecule has 224 valence electrons. The maximum absolute atomic E-state index is 12.6. The largest absolute Gasteiger partial charge is 0.463 e. The average molecular weight is 581 g/mol. The van der Waals surface area contributed by atoms with E-state index in [-0.39, 0.29) is 19.8 Å². The Morgan fingerprint density at radius 1 is 0.707 bits per heavy atom. The van der Waals surface area contributed by atoms with Crippen LogP contribution in [0.3, 0.4) is 0 Å². The van der Waals surface area contributed by atoms with Crippen molar-refractivity contribution in [3.8, 4) is 0 Å². The van der Waals surface area contributed by atoms with Gasteiger partial charge in [0.05, 0.1) is 18.8 Å². The molecule has 14 nitrogen and oxygen atoms in total. The molecule has 1 aromatic carbocycles. The number of carbonyl (C=O) groups excluding carboxylic acids is 5. The highest BCUT2D eigenvalue weighted by Gasteiger charge is 2.56. The Kier molecular flexibility index (Phi) is 9.91. The SMILES string of the molecule is CC(=O)OC[C@H]1O[C@@H](O[C@H]2CO[C@H]3[C@@H]2OC[C@H]3OC(=O)c2ccccc2)[C@H](OC(C)=O)[C@@H](OC(C)=O)[C@H]1OC(C)=O. The number of rotatable bonds is 9. The first-order chi connectivity index (χ1) is 19.5. The lowest BCUT2D eigenvalue weighted by molar-refractivity contribution is -0.320. The van der Waals surface area contributed by atoms with Crippen molar-refractivity contribution in [2.45, 2.75) is 82.8 Å². The van der Waals surface area contributed by atoms with Crippen molar-refractivity contribution < 1.29 is 66.6 Å². The van der Waals surface area contributed by atoms with Gasteiger partial charge in [0.1, 0.15) is 31.0 Å². The zero-order chi connectivity index (χ0) is 29.7. The zero-order valence-corrected chi connectivity index (χ0v) is 22.9. The topological polar surface area (TPSA) is 168 Å². The molecule has 4 rings (SSSR count). The van der Waals surface area contributed by atoms with Crippen LogP contribution in [0.5, 0.6) is 0 Å². The number of esters is 5. The standard InChI is InChI=1S/C27H32O14/c1-13(28)33-10-20-23(36-14(2)29)24(37-15(3)30)25(38-16(4)31)27(41-20)40-19-12-35-21-18(11-34-22(19)21)39-26(32)17-8-6-5-7-9-17/h5-9,18-25,27H,10-12H2,1-4H3/t18-,19+,20-,21-,22-,23+,24+,25-,27-/m1/s1. The molecule has 3 saturated heterocycles. The third-order valence-electron chi connectivity index (χ3n) is 6.49. The van der Waals surface area contributed by atoms with Crippen molar-refractivity contribution in [1.29, 1.82) is 0 Å². The van der Waals surface area contributed by atoms with Crippen molar-refractivity contribution >= 4 is 29.8 Å². The summed E-state index contributed by atoms with van der Waals surface area (Å²) in [4.78, 5) is 60.1. The van der Waals surface area contributed by atoms with E-state index in [2.05, 4.69) is 0 Å². The van der Waals surface area contributed by atoms with Gasteiger partial charge in [0.15, 0.2) is 30.7 Å². The third-order valence-corrected chi connectivity index (χ3v) is 6.49. The third kappa shape index (κ3) is 7.58. The van der Waals surface area contributed by atoms with Gasteiger partial charge in [-0.2, -0.15) is 0 Å².